The zero-order valence-corrected chi connectivity index (χ0v) is 10.5. The smallest absolute Gasteiger partial charge is 0.274 e. The van der Waals surface area contributed by atoms with E-state index in [2.05, 4.69) is 15.5 Å². The van der Waals surface area contributed by atoms with Crippen LogP contribution < -0.4 is 11.1 Å². The SMILES string of the molecule is CCCC(C)(O)CNC(=O)c1n[nH]c(C)c1N. The van der Waals surface area contributed by atoms with Gasteiger partial charge in [-0.05, 0) is 20.3 Å². The lowest BCUT2D eigenvalue weighted by Crippen LogP contribution is -2.40. The summed E-state index contributed by atoms with van der Waals surface area (Å²) in [4.78, 5) is 11.7. The van der Waals surface area contributed by atoms with E-state index in [4.69, 9.17) is 5.73 Å². The molecule has 1 heterocycles. The number of aryl methyl sites for hydroxylation is 1. The molecule has 0 aliphatic rings. The molecule has 6 nitrogen and oxygen atoms in total. The Morgan fingerprint density at radius 1 is 1.65 bits per heavy atom. The van der Waals surface area contributed by atoms with Crippen molar-refractivity contribution in [2.45, 2.75) is 39.2 Å². The summed E-state index contributed by atoms with van der Waals surface area (Å²) in [6.07, 6.45) is 1.48. The van der Waals surface area contributed by atoms with E-state index in [9.17, 15) is 9.90 Å². The third kappa shape index (κ3) is 3.45. The maximum atomic E-state index is 11.7. The molecule has 0 aliphatic carbocycles. The molecule has 0 aromatic carbocycles. The first kappa shape index (κ1) is 13.5. The molecule has 17 heavy (non-hydrogen) atoms. The van der Waals surface area contributed by atoms with E-state index in [-0.39, 0.29) is 18.1 Å². The van der Waals surface area contributed by atoms with Crippen molar-refractivity contribution in [3.8, 4) is 0 Å². The van der Waals surface area contributed by atoms with Crippen LogP contribution in [0.15, 0.2) is 0 Å². The van der Waals surface area contributed by atoms with Gasteiger partial charge in [-0.15, -0.1) is 0 Å². The van der Waals surface area contributed by atoms with Crippen LogP contribution in [-0.2, 0) is 0 Å². The van der Waals surface area contributed by atoms with Crippen molar-refractivity contribution >= 4 is 11.6 Å². The second kappa shape index (κ2) is 5.18. The lowest BCUT2D eigenvalue weighted by atomic mass is 10.0. The molecule has 6 heteroatoms. The van der Waals surface area contributed by atoms with Crippen molar-refractivity contribution in [2.75, 3.05) is 12.3 Å². The van der Waals surface area contributed by atoms with Gasteiger partial charge in [0.05, 0.1) is 17.0 Å². The molecule has 0 fully saturated rings. The fourth-order valence-corrected chi connectivity index (χ4v) is 1.59. The summed E-state index contributed by atoms with van der Waals surface area (Å²) in [7, 11) is 0. The Labute approximate surface area is 101 Å². The average molecular weight is 240 g/mol. The normalized spacial score (nSPS) is 14.4. The molecule has 5 N–H and O–H groups in total. The standard InChI is InChI=1S/C11H20N4O2/c1-4-5-11(3,17)6-13-10(16)9-8(12)7(2)14-15-9/h17H,4-6,12H2,1-3H3,(H,13,16)(H,14,15). The molecule has 1 atom stereocenters. The Morgan fingerprint density at radius 2 is 2.29 bits per heavy atom. The second-order valence-corrected chi connectivity index (χ2v) is 4.54. The minimum Gasteiger partial charge on any atom is -0.395 e. The van der Waals surface area contributed by atoms with E-state index in [0.717, 1.165) is 6.42 Å². The topological polar surface area (TPSA) is 104 Å². The van der Waals surface area contributed by atoms with E-state index in [1.807, 2.05) is 6.92 Å². The van der Waals surface area contributed by atoms with Gasteiger partial charge in [0.25, 0.3) is 5.91 Å². The maximum Gasteiger partial charge on any atom is 0.274 e. The van der Waals surface area contributed by atoms with Gasteiger partial charge in [-0.3, -0.25) is 9.89 Å². The number of nitrogens with one attached hydrogen (secondary N) is 2. The van der Waals surface area contributed by atoms with Crippen molar-refractivity contribution in [2.24, 2.45) is 0 Å². The summed E-state index contributed by atoms with van der Waals surface area (Å²) in [5, 5.41) is 19.0. The number of aliphatic hydroxyl groups is 1. The van der Waals surface area contributed by atoms with E-state index < -0.39 is 5.60 Å². The number of nitrogen functional groups attached to an aromatic ring is 1. The zero-order valence-electron chi connectivity index (χ0n) is 10.5. The molecule has 1 rings (SSSR count). The third-order valence-electron chi connectivity index (χ3n) is 2.63. The van der Waals surface area contributed by atoms with Crippen LogP contribution in [0.1, 0.15) is 42.9 Å². The number of aromatic nitrogens is 2. The first-order chi connectivity index (χ1) is 7.87. The molecular formula is C11H20N4O2. The number of H-pyrrole nitrogens is 1. The molecule has 96 valence electrons. The van der Waals surface area contributed by atoms with Crippen LogP contribution in [0.5, 0.6) is 0 Å². The van der Waals surface area contributed by atoms with E-state index in [1.165, 1.54) is 0 Å². The van der Waals surface area contributed by atoms with Gasteiger partial charge < -0.3 is 16.2 Å². The van der Waals surface area contributed by atoms with E-state index >= 15 is 0 Å². The molecule has 0 spiro atoms. The molecule has 0 radical (unpaired) electrons. The second-order valence-electron chi connectivity index (χ2n) is 4.54. The van der Waals surface area contributed by atoms with Crippen LogP contribution in [0.3, 0.4) is 0 Å². The van der Waals surface area contributed by atoms with Gasteiger partial charge in [-0.1, -0.05) is 13.3 Å². The number of hydrogen-bond acceptors (Lipinski definition) is 4. The van der Waals surface area contributed by atoms with Crippen molar-refractivity contribution in [3.63, 3.8) is 0 Å². The highest BCUT2D eigenvalue weighted by atomic mass is 16.3. The third-order valence-corrected chi connectivity index (χ3v) is 2.63. The number of aromatic amines is 1. The van der Waals surface area contributed by atoms with Crippen LogP contribution in [0, 0.1) is 6.92 Å². The Balaban J connectivity index is 2.59. The van der Waals surface area contributed by atoms with Crippen molar-refractivity contribution in [1.29, 1.82) is 0 Å². The molecule has 1 amide bonds. The van der Waals surface area contributed by atoms with Gasteiger partial charge >= 0.3 is 0 Å². The molecule has 1 aromatic rings. The Kier molecular flexibility index (Phi) is 4.11. The predicted octanol–water partition coefficient (Wildman–Crippen LogP) is 0.581. The molecule has 1 aromatic heterocycles. The molecule has 1 unspecified atom stereocenters. The van der Waals surface area contributed by atoms with E-state index in [0.29, 0.717) is 17.8 Å². The van der Waals surface area contributed by atoms with Gasteiger partial charge in [0.15, 0.2) is 5.69 Å². The minimum atomic E-state index is -0.898. The lowest BCUT2D eigenvalue weighted by molar-refractivity contribution is 0.0468. The number of rotatable bonds is 5. The number of hydrogen-bond donors (Lipinski definition) is 4. The molecule has 0 saturated heterocycles. The number of nitrogens with two attached hydrogens (primary N) is 1. The number of carbonyl (C=O) groups is 1. The first-order valence-corrected chi connectivity index (χ1v) is 5.68. The minimum absolute atomic E-state index is 0.176. The zero-order chi connectivity index (χ0) is 13.1. The van der Waals surface area contributed by atoms with E-state index in [1.54, 1.807) is 13.8 Å². The summed E-state index contributed by atoms with van der Waals surface area (Å²) < 4.78 is 0. The highest BCUT2D eigenvalue weighted by molar-refractivity contribution is 5.97. The Morgan fingerprint density at radius 3 is 2.76 bits per heavy atom. The van der Waals surface area contributed by atoms with Gasteiger partial charge in [-0.25, -0.2) is 0 Å². The fraction of sp³-hybridized carbons (Fsp3) is 0.636. The summed E-state index contributed by atoms with van der Waals surface area (Å²) in [5.74, 6) is -0.372. The number of anilines is 1. The van der Waals surface area contributed by atoms with Gasteiger partial charge in [-0.2, -0.15) is 5.10 Å². The number of carbonyl (C=O) groups excluding carboxylic acids is 1. The quantitative estimate of drug-likeness (QED) is 0.604. The summed E-state index contributed by atoms with van der Waals surface area (Å²) in [6.45, 7) is 5.60. The van der Waals surface area contributed by atoms with Crippen LogP contribution in [0.25, 0.3) is 0 Å². The van der Waals surface area contributed by atoms with Crippen LogP contribution in [0.2, 0.25) is 0 Å². The largest absolute Gasteiger partial charge is 0.395 e. The summed E-state index contributed by atoms with van der Waals surface area (Å²) >= 11 is 0. The Hall–Kier alpha value is -1.56. The van der Waals surface area contributed by atoms with Gasteiger partial charge in [0.1, 0.15) is 0 Å². The first-order valence-electron chi connectivity index (χ1n) is 5.68. The van der Waals surface area contributed by atoms with Gasteiger partial charge in [0, 0.05) is 6.54 Å². The van der Waals surface area contributed by atoms with Gasteiger partial charge in [0.2, 0.25) is 0 Å². The molecule has 0 bridgehead atoms. The fourth-order valence-electron chi connectivity index (χ4n) is 1.59. The maximum absolute atomic E-state index is 11.7. The summed E-state index contributed by atoms with van der Waals surface area (Å²) in [6, 6.07) is 0. The number of amides is 1. The van der Waals surface area contributed by atoms with Crippen LogP contribution in [0.4, 0.5) is 5.69 Å². The number of nitrogens with zero attached hydrogens (tertiary/aromatic N) is 1. The highest BCUT2D eigenvalue weighted by Gasteiger charge is 2.22. The predicted molar refractivity (Wildman–Crippen MR) is 65.6 cm³/mol. The van der Waals surface area contributed by atoms with Crippen molar-refractivity contribution < 1.29 is 9.90 Å². The molecule has 0 saturated carbocycles. The highest BCUT2D eigenvalue weighted by Crippen LogP contribution is 2.13. The van der Waals surface area contributed by atoms with Crippen molar-refractivity contribution in [3.05, 3.63) is 11.4 Å². The molecule has 0 aliphatic heterocycles. The van der Waals surface area contributed by atoms with Crippen molar-refractivity contribution in [1.82, 2.24) is 15.5 Å². The van der Waals surface area contributed by atoms with Crippen LogP contribution >= 0.6 is 0 Å². The Bertz CT molecular complexity index is 398. The molecular weight excluding hydrogens is 220 g/mol. The summed E-state index contributed by atoms with van der Waals surface area (Å²) in [5.41, 5.74) is 5.97. The monoisotopic (exact) mass is 240 g/mol. The lowest BCUT2D eigenvalue weighted by Gasteiger charge is -2.22. The van der Waals surface area contributed by atoms with Crippen LogP contribution in [-0.4, -0.2) is 33.4 Å². The average Bonchev–Trinajstić information content (AvgIpc) is 2.57.